The first-order valence-corrected chi connectivity index (χ1v) is 12.4. The average Bonchev–Trinajstić information content (AvgIpc) is 3.43. The van der Waals surface area contributed by atoms with Gasteiger partial charge in [-0.1, -0.05) is 38.0 Å². The summed E-state index contributed by atoms with van der Waals surface area (Å²) in [7, 11) is 4.89. The molecule has 1 aliphatic rings. The maximum atomic E-state index is 13.5. The van der Waals surface area contributed by atoms with Crippen molar-refractivity contribution in [3.63, 3.8) is 0 Å². The predicted octanol–water partition coefficient (Wildman–Crippen LogP) is 5.59. The second kappa shape index (κ2) is 12.6. The lowest BCUT2D eigenvalue weighted by Crippen LogP contribution is -2.43. The van der Waals surface area contributed by atoms with Crippen molar-refractivity contribution in [2.75, 3.05) is 21.3 Å². The number of ether oxygens (including phenoxy) is 4. The summed E-state index contributed by atoms with van der Waals surface area (Å²) in [4.78, 5) is 25.2. The monoisotopic (exact) mass is 482 g/mol. The number of benzene rings is 2. The number of rotatable bonds is 14. The molecule has 6 heteroatoms. The van der Waals surface area contributed by atoms with Crippen molar-refractivity contribution in [1.29, 1.82) is 0 Å². The van der Waals surface area contributed by atoms with E-state index in [1.54, 1.807) is 21.3 Å². The first-order valence-electron chi connectivity index (χ1n) is 12.4. The number of ketones is 1. The third kappa shape index (κ3) is 6.77. The van der Waals surface area contributed by atoms with Crippen molar-refractivity contribution in [2.45, 2.75) is 63.9 Å². The zero-order chi connectivity index (χ0) is 25.3. The highest BCUT2D eigenvalue weighted by Gasteiger charge is 2.44. The van der Waals surface area contributed by atoms with Crippen LogP contribution in [-0.4, -0.2) is 39.2 Å². The summed E-state index contributed by atoms with van der Waals surface area (Å²) in [5.41, 5.74) is 1.24. The molecule has 6 nitrogen and oxygen atoms in total. The number of carbonyl (C=O) groups excluding carboxylic acids is 2. The molecule has 0 bridgehead atoms. The van der Waals surface area contributed by atoms with Crippen LogP contribution in [0.4, 0.5) is 0 Å². The predicted molar refractivity (Wildman–Crippen MR) is 135 cm³/mol. The van der Waals surface area contributed by atoms with E-state index in [4.69, 9.17) is 18.9 Å². The van der Waals surface area contributed by atoms with Gasteiger partial charge in [0.25, 0.3) is 6.47 Å². The van der Waals surface area contributed by atoms with Gasteiger partial charge in [-0.05, 0) is 67.3 Å². The van der Waals surface area contributed by atoms with E-state index in [0.29, 0.717) is 25.7 Å². The topological polar surface area (TPSA) is 71.1 Å². The van der Waals surface area contributed by atoms with Crippen molar-refractivity contribution in [3.05, 3.63) is 53.6 Å². The quantitative estimate of drug-likeness (QED) is 0.327. The fourth-order valence-corrected chi connectivity index (χ4v) is 5.32. The van der Waals surface area contributed by atoms with E-state index in [0.717, 1.165) is 54.1 Å². The molecule has 0 heterocycles. The lowest BCUT2D eigenvalue weighted by atomic mass is 9.75. The highest BCUT2D eigenvalue weighted by Crippen LogP contribution is 2.43. The number of Topliss-reactive ketones (excluding diaryl/α,β-unsaturated/α-hetero) is 1. The van der Waals surface area contributed by atoms with Gasteiger partial charge in [0.05, 0.1) is 21.3 Å². The van der Waals surface area contributed by atoms with E-state index in [9.17, 15) is 9.59 Å². The van der Waals surface area contributed by atoms with E-state index < -0.39 is 5.60 Å². The fraction of sp³-hybridized carbons (Fsp3) is 0.517. The Hall–Kier alpha value is -3.02. The molecule has 2 atom stereocenters. The van der Waals surface area contributed by atoms with Gasteiger partial charge in [0.2, 0.25) is 0 Å². The summed E-state index contributed by atoms with van der Waals surface area (Å²) in [5, 5.41) is 0. The van der Waals surface area contributed by atoms with Gasteiger partial charge in [0.1, 0.15) is 28.6 Å². The van der Waals surface area contributed by atoms with Crippen LogP contribution >= 0.6 is 0 Å². The second-order valence-corrected chi connectivity index (χ2v) is 9.54. The van der Waals surface area contributed by atoms with Gasteiger partial charge in [-0.25, -0.2) is 0 Å². The third-order valence-electron chi connectivity index (χ3n) is 7.39. The van der Waals surface area contributed by atoms with E-state index in [-0.39, 0.29) is 24.0 Å². The van der Waals surface area contributed by atoms with E-state index in [1.807, 2.05) is 49.4 Å². The summed E-state index contributed by atoms with van der Waals surface area (Å²) >= 11 is 0. The molecule has 0 aromatic heterocycles. The number of hydrogen-bond acceptors (Lipinski definition) is 6. The molecule has 0 aliphatic heterocycles. The molecular weight excluding hydrogens is 444 g/mol. The maximum absolute atomic E-state index is 13.5. The lowest BCUT2D eigenvalue weighted by molar-refractivity contribution is -0.156. The van der Waals surface area contributed by atoms with Gasteiger partial charge in [0, 0.05) is 18.4 Å². The van der Waals surface area contributed by atoms with Crippen LogP contribution in [0.15, 0.2) is 42.5 Å². The van der Waals surface area contributed by atoms with Gasteiger partial charge in [-0.2, -0.15) is 0 Å². The molecule has 2 aromatic rings. The Morgan fingerprint density at radius 3 is 2.40 bits per heavy atom. The van der Waals surface area contributed by atoms with E-state index in [1.165, 1.54) is 0 Å². The fourth-order valence-electron chi connectivity index (χ4n) is 5.32. The van der Waals surface area contributed by atoms with Crippen LogP contribution in [0.5, 0.6) is 17.2 Å². The molecule has 0 radical (unpaired) electrons. The smallest absolute Gasteiger partial charge is 0.293 e. The van der Waals surface area contributed by atoms with Crippen molar-refractivity contribution in [1.82, 2.24) is 0 Å². The number of aryl methyl sites for hydroxylation is 1. The number of carbonyl (C=O) groups is 2. The lowest BCUT2D eigenvalue weighted by Gasteiger charge is -2.38. The molecular formula is C29H38O6. The highest BCUT2D eigenvalue weighted by molar-refractivity contribution is 5.82. The standard InChI is InChI=1S/C29H38O6/c1-21(16-22-8-7-11-25(17-22)32-2)27(31)19-29(35-20-30,24-9-5-6-10-24)15-14-23-12-13-26(33-3)18-28(23)34-4/h7-8,11-13,17-18,20-21,24H,5-6,9-10,14-16,19H2,1-4H3. The van der Waals surface area contributed by atoms with Gasteiger partial charge in [-0.15, -0.1) is 0 Å². The third-order valence-corrected chi connectivity index (χ3v) is 7.39. The zero-order valence-electron chi connectivity index (χ0n) is 21.4. The molecule has 1 saturated carbocycles. The van der Waals surface area contributed by atoms with Crippen LogP contribution in [0.2, 0.25) is 0 Å². The Labute approximate surface area is 208 Å². The molecule has 2 aromatic carbocycles. The van der Waals surface area contributed by atoms with Crippen molar-refractivity contribution in [2.24, 2.45) is 11.8 Å². The largest absolute Gasteiger partial charge is 0.497 e. The Bertz CT molecular complexity index is 981. The molecule has 0 N–H and O–H groups in total. The molecule has 190 valence electrons. The van der Waals surface area contributed by atoms with Gasteiger partial charge >= 0.3 is 0 Å². The average molecular weight is 483 g/mol. The summed E-state index contributed by atoms with van der Waals surface area (Å²) < 4.78 is 22.1. The molecule has 0 spiro atoms. The Kier molecular flexibility index (Phi) is 9.58. The zero-order valence-corrected chi connectivity index (χ0v) is 21.4. The normalized spacial score (nSPS) is 16.2. The van der Waals surface area contributed by atoms with Crippen LogP contribution in [-0.2, 0) is 27.2 Å². The Morgan fingerprint density at radius 1 is 1.03 bits per heavy atom. The van der Waals surface area contributed by atoms with Crippen LogP contribution in [0.25, 0.3) is 0 Å². The summed E-state index contributed by atoms with van der Waals surface area (Å²) in [6, 6.07) is 13.5. The molecule has 0 amide bonds. The minimum Gasteiger partial charge on any atom is -0.497 e. The summed E-state index contributed by atoms with van der Waals surface area (Å²) in [5.74, 6) is 2.31. The maximum Gasteiger partial charge on any atom is 0.293 e. The van der Waals surface area contributed by atoms with Crippen LogP contribution < -0.4 is 14.2 Å². The first-order chi connectivity index (χ1) is 16.9. The minimum absolute atomic E-state index is 0.114. The van der Waals surface area contributed by atoms with Gasteiger partial charge in [-0.3, -0.25) is 9.59 Å². The molecule has 2 unspecified atom stereocenters. The number of hydrogen-bond donors (Lipinski definition) is 0. The van der Waals surface area contributed by atoms with Crippen molar-refractivity contribution in [3.8, 4) is 17.2 Å². The van der Waals surface area contributed by atoms with E-state index in [2.05, 4.69) is 0 Å². The first kappa shape index (κ1) is 26.6. The van der Waals surface area contributed by atoms with Crippen LogP contribution in [0, 0.1) is 11.8 Å². The van der Waals surface area contributed by atoms with Crippen LogP contribution in [0.3, 0.4) is 0 Å². The molecule has 1 aliphatic carbocycles. The second-order valence-electron chi connectivity index (χ2n) is 9.54. The highest BCUT2D eigenvalue weighted by atomic mass is 16.5. The van der Waals surface area contributed by atoms with Crippen molar-refractivity contribution < 1.29 is 28.5 Å². The Balaban J connectivity index is 1.80. The van der Waals surface area contributed by atoms with Gasteiger partial charge in [0.15, 0.2) is 0 Å². The number of methoxy groups -OCH3 is 3. The van der Waals surface area contributed by atoms with Gasteiger partial charge < -0.3 is 18.9 Å². The minimum atomic E-state index is -0.817. The summed E-state index contributed by atoms with van der Waals surface area (Å²) in [6.07, 6.45) is 6.15. The Morgan fingerprint density at radius 2 is 1.74 bits per heavy atom. The SMILES string of the molecule is COc1cccc(CC(C)C(=O)CC(CCc2ccc(OC)cc2OC)(OC=O)C2CCCC2)c1. The van der Waals surface area contributed by atoms with Crippen molar-refractivity contribution >= 4 is 12.3 Å². The molecule has 0 saturated heterocycles. The summed E-state index contributed by atoms with van der Waals surface area (Å²) in [6.45, 7) is 2.48. The van der Waals surface area contributed by atoms with Crippen LogP contribution in [0.1, 0.15) is 56.6 Å². The molecule has 3 rings (SSSR count). The molecule has 35 heavy (non-hydrogen) atoms. The molecule has 1 fully saturated rings. The van der Waals surface area contributed by atoms with E-state index >= 15 is 0 Å².